The smallest absolute Gasteiger partial charge is 0.191 e. The summed E-state index contributed by atoms with van der Waals surface area (Å²) in [6, 6.07) is 3.61. The molecule has 1 aromatic rings. The minimum Gasteiger partial charge on any atom is -0.417 e. The Labute approximate surface area is 140 Å². The summed E-state index contributed by atoms with van der Waals surface area (Å²) in [6.07, 6.45) is 4.23. The first kappa shape index (κ1) is 20.1. The molecular formula is C18H31F2NOSi. The molecule has 0 saturated carbocycles. The molecule has 0 aromatic heterocycles. The van der Waals surface area contributed by atoms with Gasteiger partial charge in [0.15, 0.2) is 8.32 Å². The van der Waals surface area contributed by atoms with Crippen LogP contribution >= 0.6 is 0 Å². The van der Waals surface area contributed by atoms with Crippen LogP contribution in [0.25, 0.3) is 0 Å². The normalized spacial score (nSPS) is 12.5. The van der Waals surface area contributed by atoms with E-state index in [2.05, 4.69) is 39.2 Å². The van der Waals surface area contributed by atoms with Gasteiger partial charge in [-0.25, -0.2) is 8.78 Å². The molecule has 0 unspecified atom stereocenters. The van der Waals surface area contributed by atoms with Crippen LogP contribution in [-0.2, 0) is 4.43 Å². The van der Waals surface area contributed by atoms with Gasteiger partial charge in [0.2, 0.25) is 0 Å². The first-order chi connectivity index (χ1) is 10.6. The third kappa shape index (κ3) is 7.00. The molecule has 1 aromatic carbocycles. The van der Waals surface area contributed by atoms with E-state index in [4.69, 9.17) is 4.43 Å². The number of nitrogens with one attached hydrogen (secondary N) is 1. The number of unbranched alkanes of at least 4 members (excludes halogenated alkanes) is 3. The van der Waals surface area contributed by atoms with Gasteiger partial charge in [-0.3, -0.25) is 0 Å². The fraction of sp³-hybridized carbons (Fsp3) is 0.667. The summed E-state index contributed by atoms with van der Waals surface area (Å²) < 4.78 is 32.3. The highest BCUT2D eigenvalue weighted by Gasteiger charge is 2.36. The summed E-state index contributed by atoms with van der Waals surface area (Å²) in [5.41, 5.74) is 0.368. The van der Waals surface area contributed by atoms with Gasteiger partial charge in [0.05, 0.1) is 5.69 Å². The molecule has 5 heteroatoms. The van der Waals surface area contributed by atoms with Crippen LogP contribution in [0.5, 0.6) is 0 Å². The highest BCUT2D eigenvalue weighted by atomic mass is 28.4. The Bertz CT molecular complexity index is 486. The maximum Gasteiger partial charge on any atom is 0.191 e. The predicted octanol–water partition coefficient (Wildman–Crippen LogP) is 5.96. The first-order valence-corrected chi connectivity index (χ1v) is 11.4. The average Bonchev–Trinajstić information content (AvgIpc) is 2.42. The van der Waals surface area contributed by atoms with Crippen molar-refractivity contribution >= 4 is 14.0 Å². The Hall–Kier alpha value is -0.943. The van der Waals surface area contributed by atoms with Crippen molar-refractivity contribution in [1.29, 1.82) is 0 Å². The molecule has 0 aliphatic carbocycles. The van der Waals surface area contributed by atoms with Crippen molar-refractivity contribution in [3.05, 3.63) is 29.8 Å². The van der Waals surface area contributed by atoms with Crippen LogP contribution in [-0.4, -0.2) is 21.5 Å². The Kier molecular flexibility index (Phi) is 7.68. The zero-order valence-corrected chi connectivity index (χ0v) is 16.1. The summed E-state index contributed by atoms with van der Waals surface area (Å²) in [6.45, 7) is 12.8. The third-order valence-electron chi connectivity index (χ3n) is 4.59. The van der Waals surface area contributed by atoms with Crippen molar-refractivity contribution in [2.75, 3.05) is 18.5 Å². The Morgan fingerprint density at radius 1 is 1.04 bits per heavy atom. The highest BCUT2D eigenvalue weighted by Crippen LogP contribution is 2.36. The number of benzene rings is 1. The Morgan fingerprint density at radius 2 is 1.70 bits per heavy atom. The molecule has 0 radical (unpaired) electrons. The monoisotopic (exact) mass is 343 g/mol. The lowest BCUT2D eigenvalue weighted by Gasteiger charge is -2.36. The fourth-order valence-electron chi connectivity index (χ4n) is 1.98. The van der Waals surface area contributed by atoms with E-state index in [0.717, 1.165) is 38.4 Å². The molecule has 0 bridgehead atoms. The third-order valence-corrected chi connectivity index (χ3v) is 9.12. The second-order valence-corrected chi connectivity index (χ2v) is 12.4. The van der Waals surface area contributed by atoms with Gasteiger partial charge in [0.1, 0.15) is 11.6 Å². The Morgan fingerprint density at radius 3 is 2.30 bits per heavy atom. The van der Waals surface area contributed by atoms with Crippen LogP contribution in [0.15, 0.2) is 18.2 Å². The fourth-order valence-corrected chi connectivity index (χ4v) is 3.07. The van der Waals surface area contributed by atoms with Crippen molar-refractivity contribution in [2.24, 2.45) is 0 Å². The largest absolute Gasteiger partial charge is 0.417 e. The predicted molar refractivity (Wildman–Crippen MR) is 96.5 cm³/mol. The summed E-state index contributed by atoms with van der Waals surface area (Å²) in [5.74, 6) is -1.08. The molecule has 0 aliphatic heterocycles. The van der Waals surface area contributed by atoms with E-state index in [1.807, 2.05) is 0 Å². The maximum atomic E-state index is 13.4. The molecule has 1 N–H and O–H groups in total. The Balaban J connectivity index is 2.10. The van der Waals surface area contributed by atoms with Crippen LogP contribution in [0.1, 0.15) is 46.5 Å². The number of hydrogen-bond donors (Lipinski definition) is 1. The lowest BCUT2D eigenvalue weighted by molar-refractivity contribution is 0.277. The van der Waals surface area contributed by atoms with Crippen LogP contribution < -0.4 is 5.32 Å². The maximum absolute atomic E-state index is 13.4. The van der Waals surface area contributed by atoms with Crippen molar-refractivity contribution < 1.29 is 13.2 Å². The molecule has 0 saturated heterocycles. The number of anilines is 1. The number of hydrogen-bond acceptors (Lipinski definition) is 2. The van der Waals surface area contributed by atoms with E-state index in [9.17, 15) is 8.78 Å². The molecule has 132 valence electrons. The summed E-state index contributed by atoms with van der Waals surface area (Å²) in [4.78, 5) is 0. The van der Waals surface area contributed by atoms with Crippen molar-refractivity contribution in [3.63, 3.8) is 0 Å². The number of rotatable bonds is 9. The van der Waals surface area contributed by atoms with Gasteiger partial charge in [0.25, 0.3) is 0 Å². The second-order valence-electron chi connectivity index (χ2n) is 7.57. The van der Waals surface area contributed by atoms with Crippen LogP contribution in [0, 0.1) is 11.6 Å². The summed E-state index contributed by atoms with van der Waals surface area (Å²) in [5, 5.41) is 3.27. The topological polar surface area (TPSA) is 21.3 Å². The van der Waals surface area contributed by atoms with Crippen molar-refractivity contribution in [1.82, 2.24) is 0 Å². The van der Waals surface area contributed by atoms with Gasteiger partial charge in [-0.15, -0.1) is 0 Å². The van der Waals surface area contributed by atoms with Crippen LogP contribution in [0.2, 0.25) is 18.1 Å². The molecule has 0 spiro atoms. The van der Waals surface area contributed by atoms with Gasteiger partial charge < -0.3 is 9.74 Å². The van der Waals surface area contributed by atoms with E-state index >= 15 is 0 Å². The molecule has 0 atom stereocenters. The van der Waals surface area contributed by atoms with Crippen molar-refractivity contribution in [3.8, 4) is 0 Å². The van der Waals surface area contributed by atoms with E-state index < -0.39 is 20.0 Å². The van der Waals surface area contributed by atoms with Gasteiger partial charge in [-0.05, 0) is 43.1 Å². The molecule has 0 fully saturated rings. The van der Waals surface area contributed by atoms with Crippen LogP contribution in [0.4, 0.5) is 14.5 Å². The minimum absolute atomic E-state index is 0.260. The molecule has 0 amide bonds. The van der Waals surface area contributed by atoms with E-state index in [-0.39, 0.29) is 5.04 Å². The van der Waals surface area contributed by atoms with Gasteiger partial charge in [-0.2, -0.15) is 0 Å². The molecule has 1 rings (SSSR count). The zero-order chi connectivity index (χ0) is 17.5. The highest BCUT2D eigenvalue weighted by molar-refractivity contribution is 6.74. The van der Waals surface area contributed by atoms with E-state index in [0.29, 0.717) is 12.2 Å². The lowest BCUT2D eigenvalue weighted by atomic mass is 10.2. The van der Waals surface area contributed by atoms with E-state index in [1.54, 1.807) is 0 Å². The SMILES string of the molecule is CC(C)(C)[Si](C)(C)OCCCCCCNc1ccc(F)cc1F. The first-order valence-electron chi connectivity index (χ1n) is 8.46. The average molecular weight is 344 g/mol. The quantitative estimate of drug-likeness (QED) is 0.441. The molecule has 2 nitrogen and oxygen atoms in total. The van der Waals surface area contributed by atoms with Crippen LogP contribution in [0.3, 0.4) is 0 Å². The van der Waals surface area contributed by atoms with Crippen molar-refractivity contribution in [2.45, 2.75) is 64.6 Å². The standard InChI is InChI=1S/C18H31F2NOSi/c1-18(2,3)23(4,5)22-13-9-7-6-8-12-21-17-11-10-15(19)14-16(17)20/h10-11,14,21H,6-9,12-13H2,1-5H3. The lowest BCUT2D eigenvalue weighted by Crippen LogP contribution is -2.40. The summed E-state index contributed by atoms with van der Waals surface area (Å²) >= 11 is 0. The van der Waals surface area contributed by atoms with E-state index in [1.165, 1.54) is 12.1 Å². The minimum atomic E-state index is -1.62. The molecule has 0 heterocycles. The zero-order valence-electron chi connectivity index (χ0n) is 15.1. The molecule has 23 heavy (non-hydrogen) atoms. The molecular weight excluding hydrogens is 312 g/mol. The van der Waals surface area contributed by atoms with Gasteiger partial charge >= 0.3 is 0 Å². The number of halogens is 2. The molecule has 0 aliphatic rings. The van der Waals surface area contributed by atoms with Gasteiger partial charge in [-0.1, -0.05) is 33.6 Å². The second kappa shape index (κ2) is 8.78. The van der Waals surface area contributed by atoms with Gasteiger partial charge in [0, 0.05) is 19.2 Å². The summed E-state index contributed by atoms with van der Waals surface area (Å²) in [7, 11) is -1.62.